The van der Waals surface area contributed by atoms with Crippen molar-refractivity contribution < 1.29 is 9.21 Å². The summed E-state index contributed by atoms with van der Waals surface area (Å²) < 4.78 is 7.05. The van der Waals surface area contributed by atoms with E-state index in [1.54, 1.807) is 6.08 Å². The zero-order chi connectivity index (χ0) is 23.3. The van der Waals surface area contributed by atoms with Crippen molar-refractivity contribution >= 4 is 34.5 Å². The first kappa shape index (κ1) is 23.1. The van der Waals surface area contributed by atoms with Crippen LogP contribution in [0.15, 0.2) is 50.4 Å². The number of fused-ring (bicyclic) bond motifs is 1. The summed E-state index contributed by atoms with van der Waals surface area (Å²) in [4.78, 5) is 41.8. The van der Waals surface area contributed by atoms with Crippen LogP contribution >= 0.6 is 0 Å². The number of para-hydroxylation sites is 1. The number of rotatable bonds is 9. The van der Waals surface area contributed by atoms with Crippen molar-refractivity contribution in [1.82, 2.24) is 9.55 Å². The Morgan fingerprint density at radius 3 is 2.72 bits per heavy atom. The molecule has 1 amide bonds. The summed E-state index contributed by atoms with van der Waals surface area (Å²) >= 11 is 0. The third-order valence-corrected chi connectivity index (χ3v) is 5.25. The van der Waals surface area contributed by atoms with Gasteiger partial charge in [0.15, 0.2) is 5.69 Å². The molecule has 0 radical (unpaired) electrons. The summed E-state index contributed by atoms with van der Waals surface area (Å²) in [6, 6.07) is 9.40. The molecule has 2 aromatic heterocycles. The minimum absolute atomic E-state index is 0.000564. The van der Waals surface area contributed by atoms with Crippen molar-refractivity contribution in [3.8, 4) is 0 Å². The number of nitrogen functional groups attached to an aromatic ring is 1. The molecule has 170 valence electrons. The van der Waals surface area contributed by atoms with Crippen LogP contribution in [0.5, 0.6) is 0 Å². The van der Waals surface area contributed by atoms with E-state index in [1.165, 1.54) is 15.5 Å². The number of nitrogens with two attached hydrogens (primary N) is 1. The summed E-state index contributed by atoms with van der Waals surface area (Å²) in [7, 11) is 0. The molecule has 2 heterocycles. The molecule has 0 aliphatic rings. The molecule has 0 spiro atoms. The van der Waals surface area contributed by atoms with Crippen LogP contribution in [0.4, 0.5) is 11.5 Å². The maximum atomic E-state index is 13.2. The highest BCUT2D eigenvalue weighted by Gasteiger charge is 2.23. The van der Waals surface area contributed by atoms with Crippen molar-refractivity contribution in [2.75, 3.05) is 17.2 Å². The van der Waals surface area contributed by atoms with Crippen LogP contribution in [0.25, 0.3) is 17.0 Å². The zero-order valence-electron chi connectivity index (χ0n) is 18.8. The van der Waals surface area contributed by atoms with Crippen LogP contribution in [-0.2, 0) is 11.3 Å². The van der Waals surface area contributed by atoms with Gasteiger partial charge in [0.1, 0.15) is 17.2 Å². The molecule has 8 heteroatoms. The number of furan rings is 1. The van der Waals surface area contributed by atoms with Crippen LogP contribution in [0.2, 0.25) is 0 Å². The Morgan fingerprint density at radius 1 is 1.28 bits per heavy atom. The minimum atomic E-state index is -0.672. The molecule has 3 rings (SSSR count). The van der Waals surface area contributed by atoms with Crippen LogP contribution in [0.3, 0.4) is 0 Å². The first-order valence-electron chi connectivity index (χ1n) is 10.9. The van der Waals surface area contributed by atoms with Crippen LogP contribution < -0.4 is 21.9 Å². The second-order valence-corrected chi connectivity index (χ2v) is 8.19. The number of amides is 1. The van der Waals surface area contributed by atoms with E-state index in [0.29, 0.717) is 31.2 Å². The van der Waals surface area contributed by atoms with Gasteiger partial charge < -0.3 is 15.1 Å². The number of hydrogen-bond acceptors (Lipinski definition) is 5. The summed E-state index contributed by atoms with van der Waals surface area (Å²) in [5.41, 5.74) is 5.72. The predicted molar refractivity (Wildman–Crippen MR) is 128 cm³/mol. The third-order valence-electron chi connectivity index (χ3n) is 5.25. The molecule has 32 heavy (non-hydrogen) atoms. The standard InChI is InChI=1S/C24H30N4O4/c1-4-5-13-28-22(25)21(23(30)26-24(28)31)27(14-12-16(2)3)20(29)11-10-18-15-17-8-6-7-9-19(17)32-18/h6-11,15-16H,4-5,12-14,25H2,1-3H3,(H,26,30,31)/b11-10+. The van der Waals surface area contributed by atoms with Gasteiger partial charge in [-0.15, -0.1) is 0 Å². The normalized spacial score (nSPS) is 11.6. The Hall–Kier alpha value is -3.55. The highest BCUT2D eigenvalue weighted by molar-refractivity contribution is 6.05. The van der Waals surface area contributed by atoms with E-state index in [-0.39, 0.29) is 11.5 Å². The Labute approximate surface area is 186 Å². The quantitative estimate of drug-likeness (QED) is 0.494. The molecule has 8 nitrogen and oxygen atoms in total. The number of benzene rings is 1. The van der Waals surface area contributed by atoms with E-state index >= 15 is 0 Å². The number of H-pyrrole nitrogens is 1. The van der Waals surface area contributed by atoms with Crippen molar-refractivity contribution in [3.63, 3.8) is 0 Å². The lowest BCUT2D eigenvalue weighted by Crippen LogP contribution is -2.41. The fourth-order valence-corrected chi connectivity index (χ4v) is 3.42. The fourth-order valence-electron chi connectivity index (χ4n) is 3.42. The first-order valence-corrected chi connectivity index (χ1v) is 10.9. The van der Waals surface area contributed by atoms with Gasteiger partial charge in [-0.1, -0.05) is 45.4 Å². The Balaban J connectivity index is 1.98. The number of nitrogens with one attached hydrogen (secondary N) is 1. The number of aromatic amines is 1. The molecule has 0 atom stereocenters. The van der Waals surface area contributed by atoms with Crippen LogP contribution in [0, 0.1) is 5.92 Å². The minimum Gasteiger partial charge on any atom is -0.457 e. The second kappa shape index (κ2) is 10.2. The molecule has 1 aromatic carbocycles. The average molecular weight is 439 g/mol. The largest absolute Gasteiger partial charge is 0.457 e. The lowest BCUT2D eigenvalue weighted by Gasteiger charge is -2.24. The monoisotopic (exact) mass is 438 g/mol. The summed E-state index contributed by atoms with van der Waals surface area (Å²) in [5, 5.41) is 0.931. The average Bonchev–Trinajstić information content (AvgIpc) is 3.17. The van der Waals surface area contributed by atoms with E-state index in [1.807, 2.05) is 51.1 Å². The predicted octanol–water partition coefficient (Wildman–Crippen LogP) is 3.76. The molecule has 0 fully saturated rings. The van der Waals surface area contributed by atoms with E-state index in [0.717, 1.165) is 23.8 Å². The highest BCUT2D eigenvalue weighted by atomic mass is 16.3. The summed E-state index contributed by atoms with van der Waals surface area (Å²) in [6.07, 6.45) is 5.18. The molecule has 0 saturated heterocycles. The summed E-state index contributed by atoms with van der Waals surface area (Å²) in [5.74, 6) is 0.416. The van der Waals surface area contributed by atoms with Gasteiger partial charge in [0.2, 0.25) is 0 Å². The summed E-state index contributed by atoms with van der Waals surface area (Å²) in [6.45, 7) is 6.71. The highest BCUT2D eigenvalue weighted by Crippen LogP contribution is 2.22. The van der Waals surface area contributed by atoms with E-state index < -0.39 is 17.2 Å². The topological polar surface area (TPSA) is 114 Å². The lowest BCUT2D eigenvalue weighted by atomic mass is 10.1. The van der Waals surface area contributed by atoms with Gasteiger partial charge in [-0.25, -0.2) is 4.79 Å². The lowest BCUT2D eigenvalue weighted by molar-refractivity contribution is -0.114. The first-order chi connectivity index (χ1) is 15.3. The van der Waals surface area contributed by atoms with Gasteiger partial charge in [-0.05, 0) is 37.0 Å². The smallest absolute Gasteiger partial charge is 0.330 e. The van der Waals surface area contributed by atoms with Crippen molar-refractivity contribution in [3.05, 3.63) is 63.0 Å². The van der Waals surface area contributed by atoms with Gasteiger partial charge in [0.25, 0.3) is 11.5 Å². The number of unbranched alkanes of at least 4 members (excludes halogenated alkanes) is 1. The van der Waals surface area contributed by atoms with Gasteiger partial charge in [0, 0.05) is 24.6 Å². The van der Waals surface area contributed by atoms with Crippen molar-refractivity contribution in [2.45, 2.75) is 46.6 Å². The van der Waals surface area contributed by atoms with Gasteiger partial charge >= 0.3 is 5.69 Å². The zero-order valence-corrected chi connectivity index (χ0v) is 18.8. The number of carbonyl (C=O) groups excluding carboxylic acids is 1. The Bertz CT molecular complexity index is 1200. The Kier molecular flexibility index (Phi) is 7.35. The van der Waals surface area contributed by atoms with Crippen molar-refractivity contribution in [1.29, 1.82) is 0 Å². The molecule has 0 saturated carbocycles. The number of hydrogen-bond donors (Lipinski definition) is 2. The maximum Gasteiger partial charge on any atom is 0.330 e. The molecule has 0 bridgehead atoms. The molecule has 3 N–H and O–H groups in total. The van der Waals surface area contributed by atoms with E-state index in [4.69, 9.17) is 10.2 Å². The number of aromatic nitrogens is 2. The molecular weight excluding hydrogens is 408 g/mol. The fraction of sp³-hybridized carbons (Fsp3) is 0.375. The molecule has 0 aliphatic carbocycles. The SMILES string of the molecule is CCCCn1c(N)c(N(CCC(C)C)C(=O)/C=C/c2cc3ccccc3o2)c(=O)[nH]c1=O. The maximum absolute atomic E-state index is 13.2. The van der Waals surface area contributed by atoms with Crippen molar-refractivity contribution in [2.24, 2.45) is 5.92 Å². The number of carbonyl (C=O) groups is 1. The third kappa shape index (κ3) is 5.19. The van der Waals surface area contributed by atoms with Gasteiger partial charge in [-0.3, -0.25) is 19.1 Å². The molecule has 0 unspecified atom stereocenters. The molecule has 3 aromatic rings. The second-order valence-electron chi connectivity index (χ2n) is 8.19. The van der Waals surface area contributed by atoms with Gasteiger partial charge in [0.05, 0.1) is 0 Å². The van der Waals surface area contributed by atoms with Gasteiger partial charge in [-0.2, -0.15) is 0 Å². The van der Waals surface area contributed by atoms with E-state index in [9.17, 15) is 14.4 Å². The van der Waals surface area contributed by atoms with E-state index in [2.05, 4.69) is 4.98 Å². The molecular formula is C24H30N4O4. The number of anilines is 2. The Morgan fingerprint density at radius 2 is 2.03 bits per heavy atom. The number of nitrogens with zero attached hydrogens (tertiary/aromatic N) is 2. The van der Waals surface area contributed by atoms with Crippen LogP contribution in [-0.4, -0.2) is 22.0 Å². The van der Waals surface area contributed by atoms with Crippen LogP contribution in [0.1, 0.15) is 45.8 Å². The molecule has 0 aliphatic heterocycles.